The number of aliphatic hydroxyl groups is 1. The Morgan fingerprint density at radius 2 is 2.00 bits per heavy atom. The predicted octanol–water partition coefficient (Wildman–Crippen LogP) is 5.08. The van der Waals surface area contributed by atoms with Gasteiger partial charge in [0.05, 0.1) is 5.60 Å². The highest BCUT2D eigenvalue weighted by molar-refractivity contribution is 5.83. The van der Waals surface area contributed by atoms with Gasteiger partial charge in [0.25, 0.3) is 0 Å². The maximum Gasteiger partial charge on any atom is 0.339 e. The molecule has 0 radical (unpaired) electrons. The number of rotatable bonds is 6. The number of likely N-dealkylation sites (tertiary alicyclic amines) is 1. The van der Waals surface area contributed by atoms with Crippen LogP contribution in [0.15, 0.2) is 51.7 Å². The third-order valence-corrected chi connectivity index (χ3v) is 8.28. The summed E-state index contributed by atoms with van der Waals surface area (Å²) in [6.45, 7) is 5.61. The molecule has 3 aromatic rings. The van der Waals surface area contributed by atoms with Crippen LogP contribution in [0.5, 0.6) is 5.75 Å². The molecule has 1 aliphatic carbocycles. The number of benzene rings is 2. The van der Waals surface area contributed by atoms with Crippen LogP contribution in [-0.4, -0.2) is 34.6 Å². The average molecular weight is 490 g/mol. The van der Waals surface area contributed by atoms with Crippen LogP contribution in [0.4, 0.5) is 0 Å². The average Bonchev–Trinajstić information content (AvgIpc) is 2.87. The molecule has 5 rings (SSSR count). The fourth-order valence-corrected chi connectivity index (χ4v) is 5.87. The van der Waals surface area contributed by atoms with Crippen LogP contribution in [0.2, 0.25) is 0 Å². The molecule has 190 valence electrons. The van der Waals surface area contributed by atoms with Crippen LogP contribution >= 0.6 is 0 Å². The fraction of sp³-hybridized carbons (Fsp3) is 0.467. The summed E-state index contributed by atoms with van der Waals surface area (Å²) < 4.78 is 11.6. The van der Waals surface area contributed by atoms with Crippen molar-refractivity contribution in [1.29, 1.82) is 0 Å². The molecule has 2 atom stereocenters. The highest BCUT2D eigenvalue weighted by Gasteiger charge is 2.43. The van der Waals surface area contributed by atoms with E-state index >= 15 is 0 Å². The van der Waals surface area contributed by atoms with E-state index in [2.05, 4.69) is 13.0 Å². The van der Waals surface area contributed by atoms with E-state index in [1.165, 1.54) is 5.56 Å². The summed E-state index contributed by atoms with van der Waals surface area (Å²) in [6.07, 6.45) is 5.26. The maximum absolute atomic E-state index is 13.0. The lowest BCUT2D eigenvalue weighted by Crippen LogP contribution is -2.54. The van der Waals surface area contributed by atoms with Gasteiger partial charge in [-0.15, -0.1) is 0 Å². The van der Waals surface area contributed by atoms with Crippen molar-refractivity contribution in [1.82, 2.24) is 4.90 Å². The number of piperidine rings is 1. The third-order valence-electron chi connectivity index (χ3n) is 8.28. The molecule has 0 spiro atoms. The van der Waals surface area contributed by atoms with Crippen LogP contribution in [-0.2, 0) is 17.8 Å². The van der Waals surface area contributed by atoms with Crippen molar-refractivity contribution in [2.45, 2.75) is 71.0 Å². The van der Waals surface area contributed by atoms with Crippen molar-refractivity contribution in [3.63, 3.8) is 0 Å². The van der Waals surface area contributed by atoms with Crippen LogP contribution in [0, 0.1) is 19.8 Å². The van der Waals surface area contributed by atoms with E-state index in [0.717, 1.165) is 42.2 Å². The Balaban J connectivity index is 1.26. The molecule has 2 fully saturated rings. The van der Waals surface area contributed by atoms with Gasteiger partial charge in [0.2, 0.25) is 5.91 Å². The number of hydrogen-bond acceptors (Lipinski definition) is 5. The van der Waals surface area contributed by atoms with Crippen molar-refractivity contribution in [3.05, 3.63) is 75.1 Å². The molecule has 0 bridgehead atoms. The second kappa shape index (κ2) is 10.1. The fourth-order valence-electron chi connectivity index (χ4n) is 5.87. The Morgan fingerprint density at radius 1 is 1.17 bits per heavy atom. The van der Waals surface area contributed by atoms with E-state index in [1.54, 1.807) is 6.07 Å². The first kappa shape index (κ1) is 24.6. The van der Waals surface area contributed by atoms with Crippen molar-refractivity contribution in [2.24, 2.45) is 5.92 Å². The Kier molecular flexibility index (Phi) is 6.89. The maximum atomic E-state index is 13.0. The molecule has 2 unspecified atom stereocenters. The Bertz CT molecular complexity index is 1330. The number of amides is 1. The van der Waals surface area contributed by atoms with Crippen LogP contribution < -0.4 is 10.4 Å². The number of fused-ring (bicyclic) bond motifs is 2. The predicted molar refractivity (Wildman–Crippen MR) is 139 cm³/mol. The number of nitrogens with zero attached hydrogens (tertiary/aromatic N) is 1. The van der Waals surface area contributed by atoms with Gasteiger partial charge in [0.15, 0.2) is 0 Å². The lowest BCUT2D eigenvalue weighted by atomic mass is 9.71. The van der Waals surface area contributed by atoms with Gasteiger partial charge in [-0.1, -0.05) is 37.1 Å². The van der Waals surface area contributed by atoms with Gasteiger partial charge in [-0.05, 0) is 68.4 Å². The smallest absolute Gasteiger partial charge is 0.339 e. The van der Waals surface area contributed by atoms with E-state index in [1.807, 2.05) is 42.2 Å². The topological polar surface area (TPSA) is 80.0 Å². The van der Waals surface area contributed by atoms with E-state index in [-0.39, 0.29) is 18.2 Å². The molecule has 6 heteroatoms. The van der Waals surface area contributed by atoms with Gasteiger partial charge in [0, 0.05) is 42.4 Å². The molecule has 2 heterocycles. The summed E-state index contributed by atoms with van der Waals surface area (Å²) in [5.74, 6) is 0.851. The van der Waals surface area contributed by atoms with Crippen LogP contribution in [0.3, 0.4) is 0 Å². The second-order valence-corrected chi connectivity index (χ2v) is 10.5. The van der Waals surface area contributed by atoms with Crippen molar-refractivity contribution < 1.29 is 19.1 Å². The molecule has 1 amide bonds. The normalized spacial score (nSPS) is 21.9. The lowest BCUT2D eigenvalue weighted by molar-refractivity contribution is -0.143. The number of hydrogen-bond donors (Lipinski definition) is 1. The number of aryl methyl sites for hydroxylation is 2. The number of ether oxygens (including phenoxy) is 1. The zero-order chi connectivity index (χ0) is 25.3. The minimum atomic E-state index is -0.604. The number of carbonyl (C=O) groups excluding carboxylic acids is 1. The van der Waals surface area contributed by atoms with E-state index < -0.39 is 11.2 Å². The monoisotopic (exact) mass is 489 g/mol. The zero-order valence-corrected chi connectivity index (χ0v) is 21.2. The second-order valence-electron chi connectivity index (χ2n) is 10.5. The van der Waals surface area contributed by atoms with Gasteiger partial charge in [-0.3, -0.25) is 4.79 Å². The standard InChI is InChI=1S/C30H35NO5/c1-20-7-3-4-8-22(20)19-35-24-10-11-25-21(2)26(29(33)36-27(25)17-24)12-13-28(32)31-16-15-30(34)14-6-5-9-23(30)18-31/h3-4,7-8,10-11,17,23,34H,5-6,9,12-16,18-19H2,1-2H3. The molecule has 1 aromatic heterocycles. The Hall–Kier alpha value is -3.12. The summed E-state index contributed by atoms with van der Waals surface area (Å²) in [6, 6.07) is 13.6. The van der Waals surface area contributed by atoms with Gasteiger partial charge in [0.1, 0.15) is 17.9 Å². The van der Waals surface area contributed by atoms with Gasteiger partial charge in [-0.2, -0.15) is 0 Å². The summed E-state index contributed by atoms with van der Waals surface area (Å²) in [4.78, 5) is 27.7. The van der Waals surface area contributed by atoms with Crippen LogP contribution in [0.25, 0.3) is 11.0 Å². The molecular weight excluding hydrogens is 454 g/mol. The first-order chi connectivity index (χ1) is 17.3. The Morgan fingerprint density at radius 3 is 2.83 bits per heavy atom. The van der Waals surface area contributed by atoms with Gasteiger partial charge < -0.3 is 19.2 Å². The van der Waals surface area contributed by atoms with Crippen molar-refractivity contribution in [3.8, 4) is 5.75 Å². The summed E-state index contributed by atoms with van der Waals surface area (Å²) in [5, 5.41) is 11.7. The Labute approximate surface area is 211 Å². The van der Waals surface area contributed by atoms with Gasteiger partial charge >= 0.3 is 5.63 Å². The highest BCUT2D eigenvalue weighted by atomic mass is 16.5. The quantitative estimate of drug-likeness (QED) is 0.489. The molecular formula is C30H35NO5. The van der Waals surface area contributed by atoms with Gasteiger partial charge in [-0.25, -0.2) is 4.79 Å². The highest BCUT2D eigenvalue weighted by Crippen LogP contribution is 2.40. The molecule has 2 aliphatic rings. The SMILES string of the molecule is Cc1ccccc1COc1ccc2c(C)c(CCC(=O)N3CCC4(O)CCCCC4C3)c(=O)oc2c1. The van der Waals surface area contributed by atoms with Crippen LogP contribution in [0.1, 0.15) is 60.8 Å². The minimum Gasteiger partial charge on any atom is -0.489 e. The minimum absolute atomic E-state index is 0.0430. The molecule has 1 saturated carbocycles. The van der Waals surface area contributed by atoms with Crippen molar-refractivity contribution >= 4 is 16.9 Å². The summed E-state index contributed by atoms with van der Waals surface area (Å²) in [7, 11) is 0. The third kappa shape index (κ3) is 4.92. The lowest BCUT2D eigenvalue weighted by Gasteiger charge is -2.47. The number of carbonyl (C=O) groups is 1. The first-order valence-electron chi connectivity index (χ1n) is 13.1. The molecule has 2 aromatic carbocycles. The largest absolute Gasteiger partial charge is 0.489 e. The molecule has 6 nitrogen and oxygen atoms in total. The molecule has 36 heavy (non-hydrogen) atoms. The van der Waals surface area contributed by atoms with E-state index in [9.17, 15) is 14.7 Å². The summed E-state index contributed by atoms with van der Waals surface area (Å²) in [5.41, 5.74) is 3.16. The van der Waals surface area contributed by atoms with E-state index in [0.29, 0.717) is 49.4 Å². The molecule has 1 saturated heterocycles. The molecule has 1 N–H and O–H groups in total. The van der Waals surface area contributed by atoms with E-state index in [4.69, 9.17) is 9.15 Å². The molecule has 1 aliphatic heterocycles. The van der Waals surface area contributed by atoms with Crippen molar-refractivity contribution in [2.75, 3.05) is 13.1 Å². The first-order valence-corrected chi connectivity index (χ1v) is 13.1. The zero-order valence-electron chi connectivity index (χ0n) is 21.2. The summed E-state index contributed by atoms with van der Waals surface area (Å²) >= 11 is 0.